The number of nitrogens with zero attached hydrogens (tertiary/aromatic N) is 2. The van der Waals surface area contributed by atoms with Gasteiger partial charge < -0.3 is 5.73 Å². The van der Waals surface area contributed by atoms with E-state index < -0.39 is 0 Å². The van der Waals surface area contributed by atoms with Crippen LogP contribution in [0.5, 0.6) is 0 Å². The Hall–Kier alpha value is -0.780. The van der Waals surface area contributed by atoms with Gasteiger partial charge in [0.05, 0.1) is 21.7 Å². The molecule has 1 unspecified atom stereocenters. The van der Waals surface area contributed by atoms with E-state index in [0.717, 1.165) is 14.4 Å². The molecule has 0 spiro atoms. The zero-order valence-corrected chi connectivity index (χ0v) is 9.62. The highest BCUT2D eigenvalue weighted by atomic mass is 79.9. The minimum absolute atomic E-state index is 0.181. The van der Waals surface area contributed by atoms with Crippen LogP contribution in [0.4, 0.5) is 0 Å². The van der Waals surface area contributed by atoms with E-state index in [0.29, 0.717) is 0 Å². The third kappa shape index (κ3) is 2.00. The molecule has 2 aromatic heterocycles. The van der Waals surface area contributed by atoms with E-state index in [1.165, 1.54) is 0 Å². The van der Waals surface area contributed by atoms with Gasteiger partial charge in [-0.3, -0.25) is 9.97 Å². The van der Waals surface area contributed by atoms with Gasteiger partial charge in [0.25, 0.3) is 0 Å². The highest BCUT2D eigenvalue weighted by Gasteiger charge is 2.11. The van der Waals surface area contributed by atoms with Gasteiger partial charge in [-0.15, -0.1) is 11.3 Å². The molecule has 0 saturated heterocycles. The van der Waals surface area contributed by atoms with Gasteiger partial charge in [-0.25, -0.2) is 0 Å². The van der Waals surface area contributed by atoms with Crippen molar-refractivity contribution in [2.75, 3.05) is 0 Å². The first-order valence-corrected chi connectivity index (χ1v) is 5.65. The van der Waals surface area contributed by atoms with Crippen LogP contribution in [-0.2, 0) is 0 Å². The van der Waals surface area contributed by atoms with E-state index in [1.807, 2.05) is 12.1 Å². The minimum Gasteiger partial charge on any atom is -0.318 e. The second kappa shape index (κ2) is 4.16. The highest BCUT2D eigenvalue weighted by molar-refractivity contribution is 9.11. The molecule has 2 N–H and O–H groups in total. The van der Waals surface area contributed by atoms with Crippen LogP contribution in [0.15, 0.2) is 34.5 Å². The number of nitrogens with two attached hydrogens (primary N) is 1. The number of hydrogen-bond acceptors (Lipinski definition) is 4. The average Bonchev–Trinajstić information content (AvgIpc) is 2.65. The molecule has 0 aliphatic heterocycles. The molecular formula is C9H8BrN3S. The zero-order chi connectivity index (χ0) is 9.97. The van der Waals surface area contributed by atoms with Crippen molar-refractivity contribution in [3.8, 4) is 0 Å². The van der Waals surface area contributed by atoms with Gasteiger partial charge in [-0.2, -0.15) is 0 Å². The van der Waals surface area contributed by atoms with Gasteiger partial charge in [0.1, 0.15) is 0 Å². The summed E-state index contributed by atoms with van der Waals surface area (Å²) < 4.78 is 1.08. The lowest BCUT2D eigenvalue weighted by molar-refractivity contribution is 0.834. The van der Waals surface area contributed by atoms with E-state index in [4.69, 9.17) is 5.73 Å². The van der Waals surface area contributed by atoms with Crippen LogP contribution < -0.4 is 5.73 Å². The Balaban J connectivity index is 2.29. The SMILES string of the molecule is NC(c1cnccn1)c1ccc(Br)s1. The molecule has 0 amide bonds. The number of halogens is 1. The average molecular weight is 270 g/mol. The summed E-state index contributed by atoms with van der Waals surface area (Å²) in [5, 5.41) is 0. The van der Waals surface area contributed by atoms with Gasteiger partial charge in [0.15, 0.2) is 0 Å². The van der Waals surface area contributed by atoms with Crippen molar-refractivity contribution < 1.29 is 0 Å². The molecule has 0 aliphatic carbocycles. The third-order valence-electron chi connectivity index (χ3n) is 1.80. The molecule has 0 aliphatic rings. The second-order valence-electron chi connectivity index (χ2n) is 2.75. The quantitative estimate of drug-likeness (QED) is 0.911. The maximum absolute atomic E-state index is 6.02. The van der Waals surface area contributed by atoms with Crippen LogP contribution in [0.25, 0.3) is 0 Å². The molecule has 2 aromatic rings. The predicted molar refractivity (Wildman–Crippen MR) is 60.1 cm³/mol. The standard InChI is InChI=1S/C9H8BrN3S/c10-8-2-1-7(14-8)9(11)6-5-12-3-4-13-6/h1-5,9H,11H2. The summed E-state index contributed by atoms with van der Waals surface area (Å²) in [4.78, 5) is 9.24. The molecule has 0 saturated carbocycles. The number of hydrogen-bond donors (Lipinski definition) is 1. The Bertz CT molecular complexity index is 415. The molecule has 2 heterocycles. The van der Waals surface area contributed by atoms with Crippen LogP contribution in [0.1, 0.15) is 16.6 Å². The van der Waals surface area contributed by atoms with Crippen LogP contribution in [0, 0.1) is 0 Å². The molecule has 0 aromatic carbocycles. The zero-order valence-electron chi connectivity index (χ0n) is 7.22. The summed E-state index contributed by atoms with van der Waals surface area (Å²) >= 11 is 5.01. The molecule has 0 fully saturated rings. The molecule has 3 nitrogen and oxygen atoms in total. The molecule has 5 heteroatoms. The molecule has 72 valence electrons. The van der Waals surface area contributed by atoms with Gasteiger partial charge in [0.2, 0.25) is 0 Å². The van der Waals surface area contributed by atoms with Gasteiger partial charge in [0, 0.05) is 17.3 Å². The first-order valence-electron chi connectivity index (χ1n) is 4.04. The molecular weight excluding hydrogens is 262 g/mol. The Kier molecular flexibility index (Phi) is 2.90. The Morgan fingerprint density at radius 2 is 2.21 bits per heavy atom. The number of rotatable bonds is 2. The number of thiophene rings is 1. The summed E-state index contributed by atoms with van der Waals surface area (Å²) in [7, 11) is 0. The van der Waals surface area contributed by atoms with E-state index in [-0.39, 0.29) is 6.04 Å². The Labute approximate surface area is 94.1 Å². The van der Waals surface area contributed by atoms with Gasteiger partial charge in [-0.1, -0.05) is 0 Å². The molecule has 1 atom stereocenters. The van der Waals surface area contributed by atoms with Crippen molar-refractivity contribution in [3.05, 3.63) is 45.1 Å². The molecule has 0 bridgehead atoms. The lowest BCUT2D eigenvalue weighted by Crippen LogP contribution is -2.11. The molecule has 2 rings (SSSR count). The molecule has 14 heavy (non-hydrogen) atoms. The fourth-order valence-electron chi connectivity index (χ4n) is 1.11. The lowest BCUT2D eigenvalue weighted by atomic mass is 10.2. The van der Waals surface area contributed by atoms with E-state index in [9.17, 15) is 0 Å². The van der Waals surface area contributed by atoms with E-state index >= 15 is 0 Å². The highest BCUT2D eigenvalue weighted by Crippen LogP contribution is 2.28. The summed E-state index contributed by atoms with van der Waals surface area (Å²) in [5.41, 5.74) is 6.81. The molecule has 0 radical (unpaired) electrons. The fraction of sp³-hybridized carbons (Fsp3) is 0.111. The Morgan fingerprint density at radius 1 is 1.36 bits per heavy atom. The maximum Gasteiger partial charge on any atom is 0.0836 e. The first-order chi connectivity index (χ1) is 6.77. The predicted octanol–water partition coefficient (Wildman–Crippen LogP) is 2.35. The number of aromatic nitrogens is 2. The minimum atomic E-state index is -0.181. The summed E-state index contributed by atoms with van der Waals surface area (Å²) in [6.07, 6.45) is 4.98. The monoisotopic (exact) mass is 269 g/mol. The Morgan fingerprint density at radius 3 is 2.79 bits per heavy atom. The first kappa shape index (κ1) is 9.76. The van der Waals surface area contributed by atoms with Crippen LogP contribution in [-0.4, -0.2) is 9.97 Å². The van der Waals surface area contributed by atoms with Gasteiger partial charge in [-0.05, 0) is 28.1 Å². The van der Waals surface area contributed by atoms with Crippen molar-refractivity contribution >= 4 is 27.3 Å². The van der Waals surface area contributed by atoms with Crippen molar-refractivity contribution in [1.82, 2.24) is 9.97 Å². The van der Waals surface area contributed by atoms with Gasteiger partial charge >= 0.3 is 0 Å². The maximum atomic E-state index is 6.02. The van der Waals surface area contributed by atoms with Crippen LogP contribution in [0.2, 0.25) is 0 Å². The van der Waals surface area contributed by atoms with Crippen molar-refractivity contribution in [2.45, 2.75) is 6.04 Å². The van der Waals surface area contributed by atoms with Crippen LogP contribution in [0.3, 0.4) is 0 Å². The summed E-state index contributed by atoms with van der Waals surface area (Å²) in [5.74, 6) is 0. The van der Waals surface area contributed by atoms with Crippen molar-refractivity contribution in [3.63, 3.8) is 0 Å². The van der Waals surface area contributed by atoms with Crippen molar-refractivity contribution in [2.24, 2.45) is 5.73 Å². The van der Waals surface area contributed by atoms with E-state index in [1.54, 1.807) is 29.9 Å². The third-order valence-corrected chi connectivity index (χ3v) is 3.51. The smallest absolute Gasteiger partial charge is 0.0836 e. The fourth-order valence-corrected chi connectivity index (χ4v) is 2.55. The van der Waals surface area contributed by atoms with Crippen molar-refractivity contribution in [1.29, 1.82) is 0 Å². The summed E-state index contributed by atoms with van der Waals surface area (Å²) in [6.45, 7) is 0. The topological polar surface area (TPSA) is 51.8 Å². The second-order valence-corrected chi connectivity index (χ2v) is 5.24. The lowest BCUT2D eigenvalue weighted by Gasteiger charge is -2.06. The van der Waals surface area contributed by atoms with Crippen LogP contribution >= 0.6 is 27.3 Å². The summed E-state index contributed by atoms with van der Waals surface area (Å²) in [6, 6.07) is 3.80. The largest absolute Gasteiger partial charge is 0.318 e. The normalized spacial score (nSPS) is 12.7. The van der Waals surface area contributed by atoms with E-state index in [2.05, 4.69) is 25.9 Å².